The molecule has 0 saturated carbocycles. The maximum Gasteiger partial charge on any atom is 0.328 e. The Balaban J connectivity index is 2.05. The number of benzene rings is 1. The molecule has 0 fully saturated rings. The van der Waals surface area contributed by atoms with Crippen LogP contribution in [-0.4, -0.2) is 44.2 Å². The quantitative estimate of drug-likeness (QED) is 0.696. The lowest BCUT2D eigenvalue weighted by atomic mass is 10.0. The molecule has 4 nitrogen and oxygen atoms in total. The van der Waals surface area contributed by atoms with Gasteiger partial charge in [-0.05, 0) is 56.9 Å². The van der Waals surface area contributed by atoms with Crippen LogP contribution in [0.2, 0.25) is 0 Å². The topological polar surface area (TPSA) is 41.6 Å². The van der Waals surface area contributed by atoms with Crippen molar-refractivity contribution in [3.8, 4) is 0 Å². The number of rotatable bonds is 9. The first kappa shape index (κ1) is 19.6. The predicted molar refractivity (Wildman–Crippen MR) is 104 cm³/mol. The third-order valence-electron chi connectivity index (χ3n) is 3.97. The summed E-state index contributed by atoms with van der Waals surface area (Å²) in [7, 11) is 3.95. The average Bonchev–Trinajstić information content (AvgIpc) is 3.05. The molecule has 2 rings (SSSR count). The molecule has 0 saturated heterocycles. The number of carbonyl (C=O) groups is 1. The zero-order valence-electron chi connectivity index (χ0n) is 15.5. The lowest BCUT2D eigenvalue weighted by Crippen LogP contribution is -2.36. The SMILES string of the molecule is Cc1ccccc1[C@@H](NCCc1cccs1)C(=O)O[C@H](C)CN(C)C. The largest absolute Gasteiger partial charge is 0.460 e. The maximum atomic E-state index is 12.8. The van der Waals surface area contributed by atoms with E-state index in [1.807, 2.05) is 57.1 Å². The van der Waals surface area contributed by atoms with Crippen LogP contribution in [-0.2, 0) is 16.0 Å². The van der Waals surface area contributed by atoms with Crippen molar-refractivity contribution >= 4 is 17.3 Å². The van der Waals surface area contributed by atoms with Crippen molar-refractivity contribution < 1.29 is 9.53 Å². The first-order valence-electron chi connectivity index (χ1n) is 8.64. The Morgan fingerprint density at radius 2 is 2.00 bits per heavy atom. The number of hydrogen-bond donors (Lipinski definition) is 1. The molecule has 2 aromatic rings. The van der Waals surface area contributed by atoms with Crippen molar-refractivity contribution in [2.45, 2.75) is 32.4 Å². The second kappa shape index (κ2) is 9.70. The Hall–Kier alpha value is -1.69. The highest BCUT2D eigenvalue weighted by Crippen LogP contribution is 2.20. The molecular weight excluding hydrogens is 332 g/mol. The number of esters is 1. The van der Waals surface area contributed by atoms with Crippen molar-refractivity contribution in [1.82, 2.24) is 10.2 Å². The number of thiophene rings is 1. The van der Waals surface area contributed by atoms with E-state index in [2.05, 4.69) is 22.8 Å². The van der Waals surface area contributed by atoms with Crippen LogP contribution in [0.1, 0.15) is 29.0 Å². The second-order valence-corrected chi connectivity index (χ2v) is 7.62. The molecule has 25 heavy (non-hydrogen) atoms. The fraction of sp³-hybridized carbons (Fsp3) is 0.450. The van der Waals surface area contributed by atoms with Gasteiger partial charge in [-0.3, -0.25) is 0 Å². The molecule has 0 aliphatic rings. The molecule has 0 amide bonds. The summed E-state index contributed by atoms with van der Waals surface area (Å²) in [5.74, 6) is -0.213. The van der Waals surface area contributed by atoms with Crippen LogP contribution in [0, 0.1) is 6.92 Å². The van der Waals surface area contributed by atoms with E-state index in [4.69, 9.17) is 4.74 Å². The Morgan fingerprint density at radius 1 is 1.24 bits per heavy atom. The summed E-state index contributed by atoms with van der Waals surface area (Å²) < 4.78 is 5.68. The van der Waals surface area contributed by atoms with Gasteiger partial charge in [-0.25, -0.2) is 4.79 Å². The fourth-order valence-electron chi connectivity index (χ4n) is 2.84. The number of nitrogens with one attached hydrogen (secondary N) is 1. The summed E-state index contributed by atoms with van der Waals surface area (Å²) in [6.45, 7) is 5.40. The van der Waals surface area contributed by atoms with E-state index in [0.717, 1.165) is 24.1 Å². The van der Waals surface area contributed by atoms with Gasteiger partial charge in [0.2, 0.25) is 0 Å². The predicted octanol–water partition coefficient (Wildman–Crippen LogP) is 3.42. The van der Waals surface area contributed by atoms with Gasteiger partial charge >= 0.3 is 5.97 Å². The molecular formula is C20H28N2O2S. The smallest absolute Gasteiger partial charge is 0.328 e. The lowest BCUT2D eigenvalue weighted by Gasteiger charge is -2.23. The summed E-state index contributed by atoms with van der Waals surface area (Å²) in [4.78, 5) is 16.1. The van der Waals surface area contributed by atoms with Gasteiger partial charge in [0.05, 0.1) is 0 Å². The van der Waals surface area contributed by atoms with Crippen LogP contribution in [0.3, 0.4) is 0 Å². The molecule has 0 aliphatic heterocycles. The van der Waals surface area contributed by atoms with Crippen molar-refractivity contribution in [2.75, 3.05) is 27.2 Å². The van der Waals surface area contributed by atoms with Gasteiger partial charge < -0.3 is 15.0 Å². The zero-order chi connectivity index (χ0) is 18.2. The molecule has 1 N–H and O–H groups in total. The van der Waals surface area contributed by atoms with Crippen LogP contribution < -0.4 is 5.32 Å². The molecule has 0 bridgehead atoms. The van der Waals surface area contributed by atoms with Crippen LogP contribution in [0.15, 0.2) is 41.8 Å². The van der Waals surface area contributed by atoms with Gasteiger partial charge in [0, 0.05) is 18.0 Å². The third kappa shape index (κ3) is 6.27. The van der Waals surface area contributed by atoms with E-state index < -0.39 is 6.04 Å². The van der Waals surface area contributed by atoms with Crippen LogP contribution >= 0.6 is 11.3 Å². The Kier molecular flexibility index (Phi) is 7.62. The van der Waals surface area contributed by atoms with Crippen molar-refractivity contribution in [2.24, 2.45) is 0 Å². The molecule has 0 aliphatic carbocycles. The first-order valence-corrected chi connectivity index (χ1v) is 9.52. The number of hydrogen-bond acceptors (Lipinski definition) is 5. The van der Waals surface area contributed by atoms with Crippen LogP contribution in [0.5, 0.6) is 0 Å². The minimum atomic E-state index is -0.439. The Labute approximate surface area is 154 Å². The van der Waals surface area contributed by atoms with E-state index in [0.29, 0.717) is 6.54 Å². The molecule has 136 valence electrons. The minimum absolute atomic E-state index is 0.145. The van der Waals surface area contributed by atoms with Gasteiger partial charge in [0.25, 0.3) is 0 Å². The molecule has 1 aromatic heterocycles. The van der Waals surface area contributed by atoms with Gasteiger partial charge in [0.15, 0.2) is 0 Å². The molecule has 0 radical (unpaired) electrons. The number of carbonyl (C=O) groups excluding carboxylic acids is 1. The van der Waals surface area contributed by atoms with E-state index >= 15 is 0 Å². The van der Waals surface area contributed by atoms with Crippen molar-refractivity contribution in [3.05, 3.63) is 57.8 Å². The fourth-order valence-corrected chi connectivity index (χ4v) is 3.55. The van der Waals surface area contributed by atoms with Crippen molar-refractivity contribution in [1.29, 1.82) is 0 Å². The summed E-state index contributed by atoms with van der Waals surface area (Å²) in [6, 6.07) is 11.7. The van der Waals surface area contributed by atoms with Crippen LogP contribution in [0.25, 0.3) is 0 Å². The Morgan fingerprint density at radius 3 is 2.64 bits per heavy atom. The summed E-state index contributed by atoms with van der Waals surface area (Å²) in [5.41, 5.74) is 2.07. The monoisotopic (exact) mass is 360 g/mol. The summed E-state index contributed by atoms with van der Waals surface area (Å²) >= 11 is 1.74. The lowest BCUT2D eigenvalue weighted by molar-refractivity contribution is -0.151. The zero-order valence-corrected chi connectivity index (χ0v) is 16.3. The minimum Gasteiger partial charge on any atom is -0.460 e. The highest BCUT2D eigenvalue weighted by atomic mass is 32.1. The summed E-state index contributed by atoms with van der Waals surface area (Å²) in [6.07, 6.45) is 0.758. The third-order valence-corrected chi connectivity index (χ3v) is 4.91. The molecule has 0 spiro atoms. The van der Waals surface area contributed by atoms with Crippen molar-refractivity contribution in [3.63, 3.8) is 0 Å². The van der Waals surface area contributed by atoms with E-state index in [-0.39, 0.29) is 12.1 Å². The number of likely N-dealkylation sites (N-methyl/N-ethyl adjacent to an activating group) is 1. The molecule has 1 heterocycles. The number of nitrogens with zero attached hydrogens (tertiary/aromatic N) is 1. The van der Waals surface area contributed by atoms with Gasteiger partial charge in [-0.2, -0.15) is 0 Å². The van der Waals surface area contributed by atoms with Crippen LogP contribution in [0.4, 0.5) is 0 Å². The first-order chi connectivity index (χ1) is 12.0. The highest BCUT2D eigenvalue weighted by molar-refractivity contribution is 7.09. The van der Waals surface area contributed by atoms with Gasteiger partial charge in [0.1, 0.15) is 12.1 Å². The van der Waals surface area contributed by atoms with E-state index in [1.54, 1.807) is 11.3 Å². The summed E-state index contributed by atoms with van der Waals surface area (Å²) in [5, 5.41) is 5.47. The second-order valence-electron chi connectivity index (χ2n) is 6.58. The number of aryl methyl sites for hydroxylation is 1. The average molecular weight is 361 g/mol. The highest BCUT2D eigenvalue weighted by Gasteiger charge is 2.24. The Bertz CT molecular complexity index is 655. The molecule has 1 aromatic carbocycles. The normalized spacial score (nSPS) is 13.6. The van der Waals surface area contributed by atoms with Gasteiger partial charge in [-0.15, -0.1) is 11.3 Å². The number of ether oxygens (including phenoxy) is 1. The molecule has 0 unspecified atom stereocenters. The molecule has 2 atom stereocenters. The van der Waals surface area contributed by atoms with E-state index in [1.165, 1.54) is 4.88 Å². The van der Waals surface area contributed by atoms with Gasteiger partial charge in [-0.1, -0.05) is 30.3 Å². The van der Waals surface area contributed by atoms with E-state index in [9.17, 15) is 4.79 Å². The standard InChI is InChI=1S/C20H28N2O2S/c1-15-8-5-6-10-18(15)19(20(23)24-16(2)14-22(3)4)21-12-11-17-9-7-13-25-17/h5-10,13,16,19,21H,11-12,14H2,1-4H3/t16-,19-/m1/s1. The maximum absolute atomic E-state index is 12.8. The molecule has 5 heteroatoms.